The number of carbonyl (C=O) groups is 1. The van der Waals surface area contributed by atoms with Crippen LogP contribution in [-0.2, 0) is 4.79 Å². The van der Waals surface area contributed by atoms with E-state index in [1.54, 1.807) is 0 Å². The molecule has 1 aromatic carbocycles. The van der Waals surface area contributed by atoms with Gasteiger partial charge in [0.25, 0.3) is 0 Å². The summed E-state index contributed by atoms with van der Waals surface area (Å²) in [6.45, 7) is 0.159. The fraction of sp³-hybridized carbons (Fsp3) is 0.364. The van der Waals surface area contributed by atoms with Crippen molar-refractivity contribution in [2.24, 2.45) is 0 Å². The molecule has 6 heteroatoms. The molecule has 0 amide bonds. The molecule has 17 heavy (non-hydrogen) atoms. The van der Waals surface area contributed by atoms with Gasteiger partial charge in [0, 0.05) is 13.1 Å². The number of benzene rings is 1. The van der Waals surface area contributed by atoms with Gasteiger partial charge in [-0.2, -0.15) is 0 Å². The van der Waals surface area contributed by atoms with Gasteiger partial charge in [0.15, 0.2) is 0 Å². The average molecular weight is 233 g/mol. The number of carbonyl (C=O) groups excluding carboxylic acids is 1. The average Bonchev–Trinajstić information content (AvgIpc) is 2.18. The second-order valence-corrected chi connectivity index (χ2v) is 3.82. The number of aliphatic carboxylic acids is 1. The second-order valence-electron chi connectivity index (χ2n) is 3.82. The Bertz CT molecular complexity index is 393. The summed E-state index contributed by atoms with van der Waals surface area (Å²) < 4.78 is 25.3. The molecule has 86 valence electrons. The molecule has 3 nitrogen and oxygen atoms in total. The van der Waals surface area contributed by atoms with Gasteiger partial charge in [-0.15, -0.1) is 0 Å². The summed E-state index contributed by atoms with van der Waals surface area (Å²) in [5.41, 5.74) is 0.410. The van der Waals surface area contributed by atoms with Crippen LogP contribution in [0.25, 0.3) is 0 Å². The molecule has 1 aliphatic rings. The third kappa shape index (κ3) is 3.06. The van der Waals surface area contributed by atoms with E-state index in [9.17, 15) is 18.7 Å². The number of alkyl halides is 1. The topological polar surface area (TPSA) is 43.4 Å². The molecule has 1 aromatic rings. The van der Waals surface area contributed by atoms with Crippen LogP contribution in [-0.4, -0.2) is 30.1 Å². The third-order valence-electron chi connectivity index (χ3n) is 2.64. The summed E-state index contributed by atoms with van der Waals surface area (Å²) in [5.74, 6) is -1.73. The number of halogens is 2. The maximum atomic E-state index is 12.7. The Hall–Kier alpha value is -0.893. The number of likely N-dealkylation sites (tertiary alicyclic amines) is 1. The van der Waals surface area contributed by atoms with E-state index >= 15 is 0 Å². The number of hydrogen-bond acceptors (Lipinski definition) is 3. The Morgan fingerprint density at radius 2 is 1.88 bits per heavy atom. The molecule has 1 aliphatic heterocycles. The van der Waals surface area contributed by atoms with Crippen LogP contribution in [0.5, 0.6) is 0 Å². The molecule has 1 heterocycles. The quantitative estimate of drug-likeness (QED) is 0.533. The molecule has 2 rings (SSSR count). The van der Waals surface area contributed by atoms with E-state index in [1.807, 2.05) is 0 Å². The van der Waals surface area contributed by atoms with E-state index in [0.29, 0.717) is 5.56 Å². The zero-order valence-electron chi connectivity index (χ0n) is 9.40. The largest absolute Gasteiger partial charge is 1.00 e. The van der Waals surface area contributed by atoms with Crippen molar-refractivity contribution in [3.05, 3.63) is 35.6 Å². The minimum Gasteiger partial charge on any atom is -0.548 e. The van der Waals surface area contributed by atoms with Gasteiger partial charge < -0.3 is 9.90 Å². The normalized spacial score (nSPS) is 18.0. The number of hydrogen-bond donors (Lipinski definition) is 0. The zero-order valence-corrected chi connectivity index (χ0v) is 9.40. The SMILES string of the molecule is O=C([O-])C(c1ccc(F)cc1)N1CC(F)C1.[Li+]. The van der Waals surface area contributed by atoms with Gasteiger partial charge in [0.05, 0.1) is 12.0 Å². The van der Waals surface area contributed by atoms with Gasteiger partial charge in [0.2, 0.25) is 0 Å². The van der Waals surface area contributed by atoms with Gasteiger partial charge in [-0.3, -0.25) is 4.90 Å². The Balaban J connectivity index is 0.00000144. The van der Waals surface area contributed by atoms with E-state index < -0.39 is 24.0 Å². The Morgan fingerprint density at radius 1 is 1.35 bits per heavy atom. The number of carboxylic acids is 1. The first-order valence-corrected chi connectivity index (χ1v) is 4.92. The van der Waals surface area contributed by atoms with Crippen molar-refractivity contribution < 1.29 is 37.5 Å². The number of nitrogens with zero attached hydrogens (tertiary/aromatic N) is 1. The van der Waals surface area contributed by atoms with Crippen molar-refractivity contribution in [2.75, 3.05) is 13.1 Å². The van der Waals surface area contributed by atoms with Crippen LogP contribution in [0.2, 0.25) is 0 Å². The Labute approximate surface area is 110 Å². The van der Waals surface area contributed by atoms with Crippen LogP contribution in [0.3, 0.4) is 0 Å². The van der Waals surface area contributed by atoms with Crippen LogP contribution < -0.4 is 24.0 Å². The molecule has 1 fully saturated rings. The molecule has 1 atom stereocenters. The molecule has 1 saturated heterocycles. The summed E-state index contributed by atoms with van der Waals surface area (Å²) in [7, 11) is 0. The second kappa shape index (κ2) is 5.63. The van der Waals surface area contributed by atoms with Gasteiger partial charge in [-0.05, 0) is 17.7 Å². The molecule has 1 unspecified atom stereocenters. The zero-order chi connectivity index (χ0) is 11.7. The van der Waals surface area contributed by atoms with Crippen LogP contribution in [0, 0.1) is 5.82 Å². The van der Waals surface area contributed by atoms with E-state index in [2.05, 4.69) is 0 Å². The third-order valence-corrected chi connectivity index (χ3v) is 2.64. The first kappa shape index (κ1) is 14.2. The number of carboxylic acid groups (broad SMARTS) is 1. The molecular formula is C11H10F2LiNO2. The molecule has 0 aromatic heterocycles. The molecule has 0 bridgehead atoms. The fourth-order valence-electron chi connectivity index (χ4n) is 1.81. The van der Waals surface area contributed by atoms with Crippen molar-refractivity contribution in [1.29, 1.82) is 0 Å². The number of rotatable bonds is 3. The van der Waals surface area contributed by atoms with Crippen molar-refractivity contribution in [3.8, 4) is 0 Å². The summed E-state index contributed by atoms with van der Waals surface area (Å²) in [5, 5.41) is 11.0. The van der Waals surface area contributed by atoms with Crippen LogP contribution in [0.15, 0.2) is 24.3 Å². The smallest absolute Gasteiger partial charge is 0.548 e. The predicted octanol–water partition coefficient (Wildman–Crippen LogP) is -2.73. The van der Waals surface area contributed by atoms with E-state index in [1.165, 1.54) is 29.2 Å². The van der Waals surface area contributed by atoms with Gasteiger partial charge in [0.1, 0.15) is 12.0 Å². The Morgan fingerprint density at radius 3 is 2.29 bits per heavy atom. The maximum absolute atomic E-state index is 12.7. The van der Waals surface area contributed by atoms with Crippen LogP contribution >= 0.6 is 0 Å². The van der Waals surface area contributed by atoms with E-state index in [4.69, 9.17) is 0 Å². The van der Waals surface area contributed by atoms with Crippen molar-refractivity contribution in [1.82, 2.24) is 4.90 Å². The van der Waals surface area contributed by atoms with Crippen molar-refractivity contribution in [2.45, 2.75) is 12.2 Å². The molecule has 0 aliphatic carbocycles. The Kier molecular flexibility index (Phi) is 4.69. The van der Waals surface area contributed by atoms with E-state index in [0.717, 1.165) is 0 Å². The fourth-order valence-corrected chi connectivity index (χ4v) is 1.81. The van der Waals surface area contributed by atoms with Gasteiger partial charge in [-0.1, -0.05) is 12.1 Å². The van der Waals surface area contributed by atoms with Crippen molar-refractivity contribution in [3.63, 3.8) is 0 Å². The summed E-state index contributed by atoms with van der Waals surface area (Å²) in [6.07, 6.45) is -0.984. The standard InChI is InChI=1S/C11H11F2NO2.Li/c12-8-3-1-7(2-4-8)10(11(15)16)14-5-9(13)6-14;/h1-4,9-10H,5-6H2,(H,15,16);/q;+1/p-1. The monoisotopic (exact) mass is 233 g/mol. The molecule has 0 saturated carbocycles. The van der Waals surface area contributed by atoms with E-state index in [-0.39, 0.29) is 32.0 Å². The van der Waals surface area contributed by atoms with Gasteiger partial charge >= 0.3 is 18.9 Å². The minimum atomic E-state index is -1.29. The first-order chi connectivity index (χ1) is 7.58. The predicted molar refractivity (Wildman–Crippen MR) is 50.6 cm³/mol. The summed E-state index contributed by atoms with van der Waals surface area (Å²) in [4.78, 5) is 12.4. The summed E-state index contributed by atoms with van der Waals surface area (Å²) >= 11 is 0. The van der Waals surface area contributed by atoms with Crippen molar-refractivity contribution >= 4 is 5.97 Å². The van der Waals surface area contributed by atoms with Gasteiger partial charge in [-0.25, -0.2) is 8.78 Å². The maximum Gasteiger partial charge on any atom is 1.00 e. The van der Waals surface area contributed by atoms with Crippen LogP contribution in [0.1, 0.15) is 11.6 Å². The molecule has 0 N–H and O–H groups in total. The molecular weight excluding hydrogens is 223 g/mol. The first-order valence-electron chi connectivity index (χ1n) is 4.92. The molecule has 0 spiro atoms. The summed E-state index contributed by atoms with van der Waals surface area (Å²) in [6, 6.07) is 4.12. The van der Waals surface area contributed by atoms with Crippen LogP contribution in [0.4, 0.5) is 8.78 Å². The minimum absolute atomic E-state index is 0. The molecule has 0 radical (unpaired) electrons.